The molecule has 198 valence electrons. The lowest BCUT2D eigenvalue weighted by Crippen LogP contribution is -2.39. The molecule has 2 aromatic heterocycles. The highest BCUT2D eigenvalue weighted by atomic mass is 16.5. The van der Waals surface area contributed by atoms with Gasteiger partial charge < -0.3 is 19.5 Å². The molecule has 1 aliphatic rings. The van der Waals surface area contributed by atoms with Crippen LogP contribution in [0.25, 0.3) is 11.1 Å². The Hall–Kier alpha value is -2.67. The number of nitrogens with zero attached hydrogens (tertiary/aromatic N) is 3. The first-order valence-corrected chi connectivity index (χ1v) is 13.0. The van der Waals surface area contributed by atoms with E-state index in [2.05, 4.69) is 42.6 Å². The number of ether oxygens (including phenoxy) is 2. The fraction of sp³-hybridized carbons (Fsp3) is 0.621. The molecule has 0 aliphatic carbocycles. The summed E-state index contributed by atoms with van der Waals surface area (Å²) < 4.78 is 11.9. The average Bonchev–Trinajstić information content (AvgIpc) is 2.77. The number of hydrogen-bond acceptors (Lipinski definition) is 6. The summed E-state index contributed by atoms with van der Waals surface area (Å²) in [6, 6.07) is 3.85. The molecule has 1 aliphatic heterocycles. The normalized spacial score (nSPS) is 16.8. The monoisotopic (exact) mass is 497 g/mol. The van der Waals surface area contributed by atoms with Gasteiger partial charge >= 0.3 is 5.97 Å². The second kappa shape index (κ2) is 11.2. The van der Waals surface area contributed by atoms with Crippen molar-refractivity contribution in [3.8, 4) is 17.0 Å². The van der Waals surface area contributed by atoms with Crippen LogP contribution in [0.3, 0.4) is 0 Å². The number of anilines is 1. The zero-order valence-electron chi connectivity index (χ0n) is 23.2. The Labute approximate surface area is 216 Å². The molecular weight excluding hydrogens is 454 g/mol. The first-order valence-electron chi connectivity index (χ1n) is 13.0. The van der Waals surface area contributed by atoms with Crippen molar-refractivity contribution in [1.82, 2.24) is 9.97 Å². The van der Waals surface area contributed by atoms with Crippen LogP contribution in [0.4, 0.5) is 5.69 Å². The van der Waals surface area contributed by atoms with Crippen LogP contribution < -0.4 is 9.64 Å². The lowest BCUT2D eigenvalue weighted by Gasteiger charge is -2.40. The van der Waals surface area contributed by atoms with Crippen molar-refractivity contribution in [2.24, 2.45) is 11.3 Å². The van der Waals surface area contributed by atoms with Crippen molar-refractivity contribution >= 4 is 11.7 Å². The molecule has 1 unspecified atom stereocenters. The fourth-order valence-corrected chi connectivity index (χ4v) is 4.42. The van der Waals surface area contributed by atoms with E-state index in [9.17, 15) is 9.90 Å². The summed E-state index contributed by atoms with van der Waals surface area (Å²) in [6.45, 7) is 18.7. The molecule has 1 fully saturated rings. The molecule has 0 spiro atoms. The molecular formula is C29H43N3O4. The molecule has 7 heteroatoms. The van der Waals surface area contributed by atoms with Crippen LogP contribution in [0.5, 0.6) is 5.88 Å². The van der Waals surface area contributed by atoms with Crippen LogP contribution >= 0.6 is 0 Å². The van der Waals surface area contributed by atoms with E-state index in [1.54, 1.807) is 6.20 Å². The molecule has 1 saturated heterocycles. The van der Waals surface area contributed by atoms with E-state index in [4.69, 9.17) is 9.47 Å². The zero-order valence-corrected chi connectivity index (χ0v) is 23.2. The molecule has 0 bridgehead atoms. The number of aliphatic carboxylic acids is 1. The first kappa shape index (κ1) is 27.9. The average molecular weight is 498 g/mol. The predicted molar refractivity (Wildman–Crippen MR) is 144 cm³/mol. The molecule has 0 radical (unpaired) electrons. The molecule has 0 saturated carbocycles. The predicted octanol–water partition coefficient (Wildman–Crippen LogP) is 6.44. The maximum Gasteiger partial charge on any atom is 0.337 e. The lowest BCUT2D eigenvalue weighted by molar-refractivity contribution is -0.160. The maximum atomic E-state index is 12.5. The second-order valence-corrected chi connectivity index (χ2v) is 12.0. The van der Waals surface area contributed by atoms with Gasteiger partial charge in [0.05, 0.1) is 17.9 Å². The number of piperidine rings is 1. The van der Waals surface area contributed by atoms with Gasteiger partial charge in [-0.2, -0.15) is 0 Å². The molecule has 3 heterocycles. The van der Waals surface area contributed by atoms with Crippen molar-refractivity contribution in [2.45, 2.75) is 86.4 Å². The maximum absolute atomic E-state index is 12.5. The number of pyridine rings is 2. The largest absolute Gasteiger partial charge is 0.479 e. The van der Waals surface area contributed by atoms with E-state index in [-0.39, 0.29) is 5.41 Å². The van der Waals surface area contributed by atoms with Crippen LogP contribution in [0.2, 0.25) is 0 Å². The molecule has 0 amide bonds. The van der Waals surface area contributed by atoms with E-state index in [0.717, 1.165) is 49.2 Å². The van der Waals surface area contributed by atoms with Crippen molar-refractivity contribution in [3.05, 3.63) is 35.8 Å². The Bertz CT molecular complexity index is 1030. The number of rotatable bonds is 9. The van der Waals surface area contributed by atoms with Gasteiger partial charge in [-0.1, -0.05) is 27.7 Å². The summed E-state index contributed by atoms with van der Waals surface area (Å²) in [4.78, 5) is 24.0. The second-order valence-electron chi connectivity index (χ2n) is 12.0. The summed E-state index contributed by atoms with van der Waals surface area (Å²) in [7, 11) is 0. The minimum Gasteiger partial charge on any atom is -0.479 e. The summed E-state index contributed by atoms with van der Waals surface area (Å²) in [5.41, 5.74) is 3.51. The van der Waals surface area contributed by atoms with E-state index in [0.29, 0.717) is 29.7 Å². The fourth-order valence-electron chi connectivity index (χ4n) is 4.42. The van der Waals surface area contributed by atoms with Crippen LogP contribution in [0, 0.1) is 18.3 Å². The standard InChI is InChI=1S/C29H43N3O4/c1-19(2)11-16-35-23-10-9-21(17-31-23)22-18-30-20(3)24(26(27(33)34)36-28(4,5)6)25(22)32-14-12-29(7,8)13-15-32/h9-10,17-19,26H,11-16H2,1-8H3,(H,33,34). The third-order valence-corrected chi connectivity index (χ3v) is 6.67. The molecule has 36 heavy (non-hydrogen) atoms. The number of aryl methyl sites for hydroxylation is 1. The zero-order chi connectivity index (χ0) is 26.7. The Morgan fingerprint density at radius 1 is 1.14 bits per heavy atom. The topological polar surface area (TPSA) is 84.8 Å². The molecule has 1 atom stereocenters. The number of aromatic nitrogens is 2. The van der Waals surface area contributed by atoms with Crippen molar-refractivity contribution in [3.63, 3.8) is 0 Å². The van der Waals surface area contributed by atoms with E-state index in [1.807, 2.05) is 46.0 Å². The van der Waals surface area contributed by atoms with Crippen LogP contribution in [0.1, 0.15) is 85.1 Å². The highest BCUT2D eigenvalue weighted by Gasteiger charge is 2.35. The third kappa shape index (κ3) is 7.19. The first-order chi connectivity index (χ1) is 16.8. The minimum atomic E-state index is -1.13. The smallest absolute Gasteiger partial charge is 0.337 e. The van der Waals surface area contributed by atoms with Gasteiger partial charge in [0.25, 0.3) is 0 Å². The van der Waals surface area contributed by atoms with Crippen LogP contribution in [-0.4, -0.2) is 46.3 Å². The van der Waals surface area contributed by atoms with Gasteiger partial charge in [-0.05, 0) is 64.4 Å². The molecule has 0 aromatic carbocycles. The molecule has 3 rings (SSSR count). The Balaban J connectivity index is 2.09. The Morgan fingerprint density at radius 2 is 1.81 bits per heavy atom. The highest BCUT2D eigenvalue weighted by molar-refractivity contribution is 5.86. The van der Waals surface area contributed by atoms with E-state index < -0.39 is 17.7 Å². The Kier molecular flexibility index (Phi) is 8.65. The molecule has 7 nitrogen and oxygen atoms in total. The van der Waals surface area contributed by atoms with Gasteiger partial charge in [0.15, 0.2) is 6.10 Å². The van der Waals surface area contributed by atoms with Gasteiger partial charge in [0.1, 0.15) is 0 Å². The van der Waals surface area contributed by atoms with Gasteiger partial charge in [-0.15, -0.1) is 0 Å². The van der Waals surface area contributed by atoms with Gasteiger partial charge in [-0.25, -0.2) is 9.78 Å². The number of carboxylic acid groups (broad SMARTS) is 1. The number of hydrogen-bond donors (Lipinski definition) is 1. The van der Waals surface area contributed by atoms with Crippen molar-refractivity contribution < 1.29 is 19.4 Å². The number of carboxylic acids is 1. The van der Waals surface area contributed by atoms with Crippen LogP contribution in [0.15, 0.2) is 24.5 Å². The lowest BCUT2D eigenvalue weighted by atomic mass is 9.82. The van der Waals surface area contributed by atoms with E-state index >= 15 is 0 Å². The summed E-state index contributed by atoms with van der Waals surface area (Å²) in [5.74, 6) is 0.133. The molecule has 1 N–H and O–H groups in total. The minimum absolute atomic E-state index is 0.254. The highest BCUT2D eigenvalue weighted by Crippen LogP contribution is 2.43. The third-order valence-electron chi connectivity index (χ3n) is 6.67. The van der Waals surface area contributed by atoms with Gasteiger partial charge in [-0.3, -0.25) is 4.98 Å². The summed E-state index contributed by atoms with van der Waals surface area (Å²) in [5, 5.41) is 10.2. The molecule has 2 aromatic rings. The van der Waals surface area contributed by atoms with Gasteiger partial charge in [0, 0.05) is 53.9 Å². The summed E-state index contributed by atoms with van der Waals surface area (Å²) >= 11 is 0. The van der Waals surface area contributed by atoms with Gasteiger partial charge in [0.2, 0.25) is 5.88 Å². The van der Waals surface area contributed by atoms with Crippen molar-refractivity contribution in [2.75, 3.05) is 24.6 Å². The van der Waals surface area contributed by atoms with Crippen molar-refractivity contribution in [1.29, 1.82) is 0 Å². The quantitative estimate of drug-likeness (QED) is 0.426. The Morgan fingerprint density at radius 3 is 2.33 bits per heavy atom. The number of carbonyl (C=O) groups is 1. The summed E-state index contributed by atoms with van der Waals surface area (Å²) in [6.07, 6.45) is 5.50. The van der Waals surface area contributed by atoms with Crippen LogP contribution in [-0.2, 0) is 9.53 Å². The van der Waals surface area contributed by atoms with E-state index in [1.165, 1.54) is 0 Å². The SMILES string of the molecule is Cc1ncc(-c2ccc(OCCC(C)C)nc2)c(N2CCC(C)(C)CC2)c1C(OC(C)(C)C)C(=O)O.